The van der Waals surface area contributed by atoms with Gasteiger partial charge in [-0.2, -0.15) is 0 Å². The minimum atomic E-state index is -0.110. The number of carbonyl (C=O) groups excluding carboxylic acids is 1. The first-order chi connectivity index (χ1) is 13.0. The molecular weight excluding hydrogens is 340 g/mol. The second-order valence-corrected chi connectivity index (χ2v) is 7.81. The monoisotopic (exact) mass is 372 g/mol. The van der Waals surface area contributed by atoms with E-state index in [0.29, 0.717) is 24.3 Å². The van der Waals surface area contributed by atoms with Crippen LogP contribution < -0.4 is 10.2 Å². The second-order valence-electron chi connectivity index (χ2n) is 7.81. The molecule has 6 nitrogen and oxygen atoms in total. The van der Waals surface area contributed by atoms with Gasteiger partial charge < -0.3 is 15.0 Å². The molecule has 2 aliphatic heterocycles. The molecule has 3 heterocycles. The summed E-state index contributed by atoms with van der Waals surface area (Å²) < 4.78 is 5.84. The summed E-state index contributed by atoms with van der Waals surface area (Å²) in [7, 11) is 0. The number of aromatic nitrogens is 1. The van der Waals surface area contributed by atoms with Crippen LogP contribution in [0.3, 0.4) is 0 Å². The fourth-order valence-corrected chi connectivity index (χ4v) is 4.12. The largest absolute Gasteiger partial charge is 0.373 e. The van der Waals surface area contributed by atoms with Crippen molar-refractivity contribution < 1.29 is 9.53 Å². The van der Waals surface area contributed by atoms with E-state index in [4.69, 9.17) is 4.74 Å². The lowest BCUT2D eigenvalue weighted by atomic mass is 9.95. The zero-order chi connectivity index (χ0) is 19.2. The molecule has 2 fully saturated rings. The van der Waals surface area contributed by atoms with E-state index in [9.17, 15) is 4.79 Å². The lowest BCUT2D eigenvalue weighted by Crippen LogP contribution is -2.48. The third-order valence-corrected chi connectivity index (χ3v) is 5.37. The minimum Gasteiger partial charge on any atom is -0.373 e. The van der Waals surface area contributed by atoms with E-state index < -0.39 is 0 Å². The molecular formula is C21H32N4O2. The van der Waals surface area contributed by atoms with Crippen molar-refractivity contribution in [1.82, 2.24) is 15.2 Å². The van der Waals surface area contributed by atoms with E-state index in [2.05, 4.69) is 40.5 Å². The Morgan fingerprint density at radius 3 is 2.59 bits per heavy atom. The number of hydrogen-bond donors (Lipinski definition) is 1. The zero-order valence-corrected chi connectivity index (χ0v) is 16.6. The number of piperidine rings is 1. The van der Waals surface area contributed by atoms with E-state index in [0.717, 1.165) is 37.9 Å². The lowest BCUT2D eigenvalue weighted by molar-refractivity contribution is -0.0720. The van der Waals surface area contributed by atoms with Crippen LogP contribution in [-0.4, -0.2) is 67.3 Å². The first kappa shape index (κ1) is 19.8. The SMILES string of the molecule is C=CCNC(=O)c1ccc(N2CCC(CN3CC(C)OC(C)C3)CC2)nc1. The van der Waals surface area contributed by atoms with Gasteiger partial charge in [0.2, 0.25) is 0 Å². The number of hydrogen-bond acceptors (Lipinski definition) is 5. The van der Waals surface area contributed by atoms with E-state index in [1.54, 1.807) is 12.3 Å². The Labute approximate surface area is 162 Å². The van der Waals surface area contributed by atoms with Gasteiger partial charge in [-0.15, -0.1) is 6.58 Å². The molecule has 2 saturated heterocycles. The summed E-state index contributed by atoms with van der Waals surface area (Å²) in [5.41, 5.74) is 0.589. The minimum absolute atomic E-state index is 0.110. The quantitative estimate of drug-likeness (QED) is 0.777. The van der Waals surface area contributed by atoms with Gasteiger partial charge >= 0.3 is 0 Å². The molecule has 1 aromatic heterocycles. The Morgan fingerprint density at radius 2 is 2.00 bits per heavy atom. The fraction of sp³-hybridized carbons (Fsp3) is 0.619. The maximum absolute atomic E-state index is 11.9. The van der Waals surface area contributed by atoms with E-state index in [1.807, 2.05) is 12.1 Å². The molecule has 2 unspecified atom stereocenters. The summed E-state index contributed by atoms with van der Waals surface area (Å²) in [6.07, 6.45) is 6.37. The molecule has 1 N–H and O–H groups in total. The Balaban J connectivity index is 1.47. The van der Waals surface area contributed by atoms with Crippen molar-refractivity contribution in [3.8, 4) is 0 Å². The predicted octanol–water partition coefficient (Wildman–Crippen LogP) is 2.32. The normalized spacial score (nSPS) is 24.6. The number of nitrogens with zero attached hydrogens (tertiary/aromatic N) is 3. The Kier molecular flexibility index (Phi) is 6.85. The highest BCUT2D eigenvalue weighted by Gasteiger charge is 2.27. The maximum Gasteiger partial charge on any atom is 0.253 e. The molecule has 0 aromatic carbocycles. The molecule has 3 rings (SSSR count). The van der Waals surface area contributed by atoms with Gasteiger partial charge in [0.25, 0.3) is 5.91 Å². The number of nitrogens with one attached hydrogen (secondary N) is 1. The third-order valence-electron chi connectivity index (χ3n) is 5.37. The molecule has 27 heavy (non-hydrogen) atoms. The van der Waals surface area contributed by atoms with E-state index >= 15 is 0 Å². The highest BCUT2D eigenvalue weighted by molar-refractivity contribution is 5.94. The Morgan fingerprint density at radius 1 is 1.30 bits per heavy atom. The molecule has 2 atom stereocenters. The van der Waals surface area contributed by atoms with Gasteiger partial charge in [0.15, 0.2) is 0 Å². The lowest BCUT2D eigenvalue weighted by Gasteiger charge is -2.39. The number of morpholine rings is 1. The van der Waals surface area contributed by atoms with Crippen molar-refractivity contribution in [2.45, 2.75) is 38.9 Å². The molecule has 2 aliphatic rings. The second kappa shape index (κ2) is 9.33. The van der Waals surface area contributed by atoms with Crippen LogP contribution in [0.2, 0.25) is 0 Å². The molecule has 0 bridgehead atoms. The van der Waals surface area contributed by atoms with E-state index in [1.165, 1.54) is 19.4 Å². The van der Waals surface area contributed by atoms with Crippen molar-refractivity contribution >= 4 is 11.7 Å². The topological polar surface area (TPSA) is 57.7 Å². The number of rotatable bonds is 6. The average Bonchev–Trinajstić information content (AvgIpc) is 2.66. The highest BCUT2D eigenvalue weighted by atomic mass is 16.5. The molecule has 6 heteroatoms. The van der Waals surface area contributed by atoms with Gasteiger partial charge in [-0.1, -0.05) is 6.08 Å². The average molecular weight is 373 g/mol. The van der Waals surface area contributed by atoms with Crippen LogP contribution in [0, 0.1) is 5.92 Å². The van der Waals surface area contributed by atoms with Crippen LogP contribution in [-0.2, 0) is 4.74 Å². The summed E-state index contributed by atoms with van der Waals surface area (Å²) in [5, 5.41) is 2.77. The Bertz CT molecular complexity index is 616. The van der Waals surface area contributed by atoms with Gasteiger partial charge in [0.1, 0.15) is 5.82 Å². The van der Waals surface area contributed by atoms with Crippen molar-refractivity contribution in [3.63, 3.8) is 0 Å². The third kappa shape index (κ3) is 5.53. The molecule has 1 aromatic rings. The highest BCUT2D eigenvalue weighted by Crippen LogP contribution is 2.24. The van der Waals surface area contributed by atoms with Crippen molar-refractivity contribution in [3.05, 3.63) is 36.5 Å². The van der Waals surface area contributed by atoms with Gasteiger partial charge in [-0.25, -0.2) is 4.98 Å². The number of amides is 1. The first-order valence-corrected chi connectivity index (χ1v) is 10.0. The number of pyridine rings is 1. The van der Waals surface area contributed by atoms with Crippen LogP contribution in [0.15, 0.2) is 31.0 Å². The molecule has 1 amide bonds. The summed E-state index contributed by atoms with van der Waals surface area (Å²) in [6, 6.07) is 3.80. The molecule has 0 spiro atoms. The predicted molar refractivity (Wildman–Crippen MR) is 108 cm³/mol. The maximum atomic E-state index is 11.9. The first-order valence-electron chi connectivity index (χ1n) is 10.0. The summed E-state index contributed by atoms with van der Waals surface area (Å²) in [4.78, 5) is 21.3. The summed E-state index contributed by atoms with van der Waals surface area (Å²) in [6.45, 7) is 13.7. The fourth-order valence-electron chi connectivity index (χ4n) is 4.12. The van der Waals surface area contributed by atoms with Crippen molar-refractivity contribution in [2.24, 2.45) is 5.92 Å². The van der Waals surface area contributed by atoms with Crippen LogP contribution in [0.1, 0.15) is 37.0 Å². The zero-order valence-electron chi connectivity index (χ0n) is 16.6. The standard InChI is InChI=1S/C21H32N4O2/c1-4-9-22-21(26)19-5-6-20(23-12-19)25-10-7-18(8-11-25)15-24-13-16(2)27-17(3)14-24/h4-6,12,16-18H,1,7-11,13-15H2,2-3H3,(H,22,26). The molecule has 0 saturated carbocycles. The van der Waals surface area contributed by atoms with Crippen molar-refractivity contribution in [1.29, 1.82) is 0 Å². The van der Waals surface area contributed by atoms with Gasteiger partial charge in [-0.3, -0.25) is 9.69 Å². The van der Waals surface area contributed by atoms with Gasteiger partial charge in [-0.05, 0) is 44.7 Å². The Hall–Kier alpha value is -1.92. The molecule has 0 radical (unpaired) electrons. The van der Waals surface area contributed by atoms with Gasteiger partial charge in [0.05, 0.1) is 17.8 Å². The smallest absolute Gasteiger partial charge is 0.253 e. The number of carbonyl (C=O) groups is 1. The van der Waals surface area contributed by atoms with E-state index in [-0.39, 0.29) is 5.91 Å². The number of ether oxygens (including phenoxy) is 1. The molecule has 148 valence electrons. The van der Waals surface area contributed by atoms with Gasteiger partial charge in [0, 0.05) is 45.5 Å². The number of anilines is 1. The van der Waals surface area contributed by atoms with Crippen LogP contribution in [0.4, 0.5) is 5.82 Å². The van der Waals surface area contributed by atoms with Crippen molar-refractivity contribution in [2.75, 3.05) is 44.2 Å². The van der Waals surface area contributed by atoms with Crippen LogP contribution >= 0.6 is 0 Å². The summed E-state index contributed by atoms with van der Waals surface area (Å²) >= 11 is 0. The molecule has 0 aliphatic carbocycles. The summed E-state index contributed by atoms with van der Waals surface area (Å²) in [5.74, 6) is 1.59. The van der Waals surface area contributed by atoms with Crippen LogP contribution in [0.25, 0.3) is 0 Å². The van der Waals surface area contributed by atoms with Crippen LogP contribution in [0.5, 0.6) is 0 Å².